The highest BCUT2D eigenvalue weighted by molar-refractivity contribution is 5.80. The third-order valence-corrected chi connectivity index (χ3v) is 5.66. The van der Waals surface area contributed by atoms with Crippen LogP contribution in [0.5, 0.6) is 0 Å². The van der Waals surface area contributed by atoms with Crippen molar-refractivity contribution in [3.05, 3.63) is 47.5 Å². The van der Waals surface area contributed by atoms with Gasteiger partial charge in [0.15, 0.2) is 0 Å². The molecule has 0 saturated carbocycles. The highest BCUT2D eigenvalue weighted by atomic mass is 16.5. The first kappa shape index (κ1) is 19.4. The molecule has 8 heteroatoms. The fraction of sp³-hybridized carbons (Fsp3) is 0.348. The largest absolute Gasteiger partial charge is 0.343 e. The van der Waals surface area contributed by atoms with Gasteiger partial charge < -0.3 is 9.42 Å². The first-order valence-electron chi connectivity index (χ1n) is 10.6. The molecule has 1 amide bonds. The molecule has 8 nitrogen and oxygen atoms in total. The van der Waals surface area contributed by atoms with Crippen molar-refractivity contribution in [2.45, 2.75) is 39.7 Å². The molecule has 1 aliphatic heterocycles. The Hall–Kier alpha value is -3.55. The van der Waals surface area contributed by atoms with Gasteiger partial charge in [0.25, 0.3) is 5.89 Å². The van der Waals surface area contributed by atoms with E-state index in [0.717, 1.165) is 59.2 Å². The van der Waals surface area contributed by atoms with Gasteiger partial charge in [0.1, 0.15) is 5.52 Å². The van der Waals surface area contributed by atoms with Gasteiger partial charge in [0.2, 0.25) is 11.7 Å². The number of carbonyl (C=O) groups excluding carboxylic acids is 1. The quantitative estimate of drug-likeness (QED) is 0.492. The maximum Gasteiger partial charge on any atom is 0.258 e. The molecule has 0 N–H and O–H groups in total. The molecular weight excluding hydrogens is 392 g/mol. The van der Waals surface area contributed by atoms with Crippen LogP contribution in [-0.2, 0) is 11.3 Å². The zero-order chi connectivity index (χ0) is 21.4. The highest BCUT2D eigenvalue weighted by Crippen LogP contribution is 2.26. The second-order valence-electron chi connectivity index (χ2n) is 8.15. The summed E-state index contributed by atoms with van der Waals surface area (Å²) in [4.78, 5) is 18.8. The number of aromatic nitrogens is 5. The smallest absolute Gasteiger partial charge is 0.258 e. The number of likely N-dealkylation sites (tertiary alicyclic amines) is 1. The van der Waals surface area contributed by atoms with E-state index in [4.69, 9.17) is 4.52 Å². The maximum absolute atomic E-state index is 12.3. The third-order valence-electron chi connectivity index (χ3n) is 5.66. The molecule has 3 heterocycles. The molecule has 2 aromatic heterocycles. The van der Waals surface area contributed by atoms with Crippen LogP contribution in [0.1, 0.15) is 30.4 Å². The van der Waals surface area contributed by atoms with Crippen molar-refractivity contribution in [3.63, 3.8) is 0 Å². The molecule has 0 atom stereocenters. The van der Waals surface area contributed by atoms with Crippen molar-refractivity contribution < 1.29 is 9.32 Å². The minimum atomic E-state index is 0.184. The Kier molecular flexibility index (Phi) is 4.97. The number of nitrogens with zero attached hydrogens (tertiary/aromatic N) is 6. The summed E-state index contributed by atoms with van der Waals surface area (Å²) < 4.78 is 7.28. The van der Waals surface area contributed by atoms with Crippen LogP contribution in [0.4, 0.5) is 0 Å². The number of amides is 1. The average Bonchev–Trinajstić information content (AvgIpc) is 3.52. The van der Waals surface area contributed by atoms with E-state index < -0.39 is 0 Å². The van der Waals surface area contributed by atoms with Crippen molar-refractivity contribution in [2.75, 3.05) is 13.1 Å². The van der Waals surface area contributed by atoms with Crippen molar-refractivity contribution in [1.29, 1.82) is 0 Å². The van der Waals surface area contributed by atoms with Crippen LogP contribution in [-0.4, -0.2) is 49.0 Å². The summed E-state index contributed by atoms with van der Waals surface area (Å²) in [6.07, 6.45) is 2.63. The Morgan fingerprint density at radius 1 is 1.03 bits per heavy atom. The molecule has 31 heavy (non-hydrogen) atoms. The highest BCUT2D eigenvalue weighted by Gasteiger charge is 2.18. The minimum absolute atomic E-state index is 0.184. The van der Waals surface area contributed by atoms with Gasteiger partial charge in [-0.25, -0.2) is 4.68 Å². The molecule has 0 unspecified atom stereocenters. The molecule has 0 aliphatic carbocycles. The standard InChI is InChI=1S/C23H24N6O2/c1-15-11-16(2)13-18(12-15)23-24-22(26-31-23)17-5-6-20-19(14-17)25-27-29(20)10-7-21(30)28-8-3-4-9-28/h5-6,11-14H,3-4,7-10H2,1-2H3. The zero-order valence-electron chi connectivity index (χ0n) is 17.7. The predicted molar refractivity (Wildman–Crippen MR) is 116 cm³/mol. The van der Waals surface area contributed by atoms with Crippen LogP contribution in [0, 0.1) is 13.8 Å². The van der Waals surface area contributed by atoms with Crippen molar-refractivity contribution in [2.24, 2.45) is 0 Å². The number of benzene rings is 2. The van der Waals surface area contributed by atoms with Gasteiger partial charge in [-0.1, -0.05) is 27.6 Å². The van der Waals surface area contributed by atoms with Crippen molar-refractivity contribution in [1.82, 2.24) is 30.0 Å². The first-order valence-corrected chi connectivity index (χ1v) is 10.6. The van der Waals surface area contributed by atoms with E-state index in [9.17, 15) is 4.79 Å². The summed E-state index contributed by atoms with van der Waals surface area (Å²) in [5.74, 6) is 1.18. The Bertz CT molecular complexity index is 1230. The second kappa shape index (κ2) is 7.94. The van der Waals surface area contributed by atoms with Crippen molar-refractivity contribution >= 4 is 16.9 Å². The lowest BCUT2D eigenvalue weighted by atomic mass is 10.1. The lowest BCUT2D eigenvalue weighted by Gasteiger charge is -2.14. The summed E-state index contributed by atoms with van der Waals surface area (Å²) in [5, 5.41) is 12.7. The van der Waals surface area contributed by atoms with E-state index in [1.165, 1.54) is 0 Å². The van der Waals surface area contributed by atoms with E-state index >= 15 is 0 Å². The normalized spacial score (nSPS) is 13.9. The fourth-order valence-corrected chi connectivity index (χ4v) is 4.16. The van der Waals surface area contributed by atoms with E-state index in [-0.39, 0.29) is 5.91 Å². The minimum Gasteiger partial charge on any atom is -0.343 e. The molecule has 1 saturated heterocycles. The molecule has 1 aliphatic rings. The Morgan fingerprint density at radius 2 is 1.81 bits per heavy atom. The predicted octanol–water partition coefficient (Wildman–Crippen LogP) is 3.78. The molecule has 0 spiro atoms. The van der Waals surface area contributed by atoms with E-state index in [1.54, 1.807) is 4.68 Å². The van der Waals surface area contributed by atoms with E-state index in [1.807, 2.05) is 49.1 Å². The first-order chi connectivity index (χ1) is 15.1. The zero-order valence-corrected chi connectivity index (χ0v) is 17.7. The molecule has 5 rings (SSSR count). The summed E-state index contributed by atoms with van der Waals surface area (Å²) in [7, 11) is 0. The number of aryl methyl sites for hydroxylation is 3. The van der Waals surface area contributed by atoms with Crippen LogP contribution in [0.15, 0.2) is 40.9 Å². The van der Waals surface area contributed by atoms with E-state index in [2.05, 4.69) is 26.5 Å². The molecule has 158 valence electrons. The molecule has 1 fully saturated rings. The summed E-state index contributed by atoms with van der Waals surface area (Å²) >= 11 is 0. The van der Waals surface area contributed by atoms with Gasteiger partial charge in [-0.3, -0.25) is 4.79 Å². The third kappa shape index (κ3) is 3.93. The van der Waals surface area contributed by atoms with Crippen LogP contribution in [0.3, 0.4) is 0 Å². The number of fused-ring (bicyclic) bond motifs is 1. The Morgan fingerprint density at radius 3 is 2.58 bits per heavy atom. The van der Waals surface area contributed by atoms with Gasteiger partial charge in [-0.2, -0.15) is 4.98 Å². The molecule has 4 aromatic rings. The fourth-order valence-electron chi connectivity index (χ4n) is 4.16. The lowest BCUT2D eigenvalue weighted by Crippen LogP contribution is -2.28. The molecule has 0 bridgehead atoms. The summed E-state index contributed by atoms with van der Waals surface area (Å²) in [6.45, 7) is 6.35. The number of hydrogen-bond donors (Lipinski definition) is 0. The van der Waals surface area contributed by atoms with Gasteiger partial charge >= 0.3 is 0 Å². The van der Waals surface area contributed by atoms with Crippen LogP contribution in [0.25, 0.3) is 33.9 Å². The summed E-state index contributed by atoms with van der Waals surface area (Å²) in [5.41, 5.74) is 5.64. The number of rotatable bonds is 5. The van der Waals surface area contributed by atoms with Gasteiger partial charge in [-0.05, 0) is 57.0 Å². The Balaban J connectivity index is 1.35. The van der Waals surface area contributed by atoms with E-state index in [0.29, 0.717) is 24.7 Å². The average molecular weight is 416 g/mol. The van der Waals surface area contributed by atoms with Crippen LogP contribution in [0.2, 0.25) is 0 Å². The number of carbonyl (C=O) groups is 1. The topological polar surface area (TPSA) is 89.9 Å². The Labute approximate surface area is 179 Å². The van der Waals surface area contributed by atoms with Crippen LogP contribution >= 0.6 is 0 Å². The molecule has 0 radical (unpaired) electrons. The summed E-state index contributed by atoms with van der Waals surface area (Å²) in [6, 6.07) is 11.9. The lowest BCUT2D eigenvalue weighted by molar-refractivity contribution is -0.130. The van der Waals surface area contributed by atoms with Gasteiger partial charge in [-0.15, -0.1) is 5.10 Å². The SMILES string of the molecule is Cc1cc(C)cc(-c2nc(-c3ccc4c(c3)nnn4CCC(=O)N3CCCC3)no2)c1. The maximum atomic E-state index is 12.3. The molecule has 2 aromatic carbocycles. The van der Waals surface area contributed by atoms with Gasteiger partial charge in [0, 0.05) is 30.6 Å². The van der Waals surface area contributed by atoms with Crippen molar-refractivity contribution in [3.8, 4) is 22.8 Å². The number of hydrogen-bond acceptors (Lipinski definition) is 6. The second-order valence-corrected chi connectivity index (χ2v) is 8.15. The van der Waals surface area contributed by atoms with Gasteiger partial charge in [0.05, 0.1) is 12.1 Å². The van der Waals surface area contributed by atoms with Crippen LogP contribution < -0.4 is 0 Å². The molecular formula is C23H24N6O2. The monoisotopic (exact) mass is 416 g/mol.